The minimum Gasteiger partial charge on any atom is -0.497 e. The molecule has 0 heterocycles. The van der Waals surface area contributed by atoms with Gasteiger partial charge in [0.2, 0.25) is 0 Å². The third-order valence-electron chi connectivity index (χ3n) is 1.27. The van der Waals surface area contributed by atoms with E-state index in [0.717, 1.165) is 5.75 Å². The summed E-state index contributed by atoms with van der Waals surface area (Å²) in [6.07, 6.45) is 1.75. The molecule has 0 unspecified atom stereocenters. The molecular formula is C15H28O4. The molecule has 0 aromatic heterocycles. The Kier molecular flexibility index (Phi) is 30.6. The van der Waals surface area contributed by atoms with Crippen LogP contribution in [0, 0.1) is 0 Å². The van der Waals surface area contributed by atoms with Crippen LogP contribution in [0.2, 0.25) is 0 Å². The van der Waals surface area contributed by atoms with Gasteiger partial charge in [0.25, 0.3) is 0 Å². The first-order chi connectivity index (χ1) is 9.17. The van der Waals surface area contributed by atoms with E-state index in [9.17, 15) is 0 Å². The summed E-state index contributed by atoms with van der Waals surface area (Å²) in [4.78, 5) is 0. The summed E-state index contributed by atoms with van der Waals surface area (Å²) in [6, 6.07) is 9.68. The monoisotopic (exact) mass is 272 g/mol. The number of hydrogen-bond acceptors (Lipinski definition) is 4. The molecule has 19 heavy (non-hydrogen) atoms. The van der Waals surface area contributed by atoms with Crippen LogP contribution in [0.4, 0.5) is 0 Å². The van der Waals surface area contributed by atoms with Gasteiger partial charge in [-0.3, -0.25) is 0 Å². The average molecular weight is 272 g/mol. The van der Waals surface area contributed by atoms with Gasteiger partial charge >= 0.3 is 0 Å². The third-order valence-corrected chi connectivity index (χ3v) is 1.27. The smallest absolute Gasteiger partial charge is 0.118 e. The predicted octanol–water partition coefficient (Wildman–Crippen LogP) is 2.51. The van der Waals surface area contributed by atoms with Crippen molar-refractivity contribution in [3.63, 3.8) is 0 Å². The molecule has 0 aliphatic heterocycles. The van der Waals surface area contributed by atoms with Crippen LogP contribution in [0.15, 0.2) is 43.0 Å². The fourth-order valence-electron chi connectivity index (χ4n) is 0.648. The highest BCUT2D eigenvalue weighted by Gasteiger charge is 1.80. The Morgan fingerprint density at radius 3 is 1.74 bits per heavy atom. The molecule has 1 aromatic rings. The quantitative estimate of drug-likeness (QED) is 0.830. The molecule has 0 saturated carbocycles. The predicted molar refractivity (Wildman–Crippen MR) is 80.6 cm³/mol. The van der Waals surface area contributed by atoms with Gasteiger partial charge in [-0.2, -0.15) is 0 Å². The number of methoxy groups -OCH3 is 2. The molecule has 0 fully saturated rings. The van der Waals surface area contributed by atoms with E-state index in [1.54, 1.807) is 27.2 Å². The Morgan fingerprint density at radius 1 is 1.16 bits per heavy atom. The van der Waals surface area contributed by atoms with Gasteiger partial charge in [-0.1, -0.05) is 24.3 Å². The van der Waals surface area contributed by atoms with Crippen molar-refractivity contribution in [2.24, 2.45) is 0 Å². The van der Waals surface area contributed by atoms with Crippen LogP contribution >= 0.6 is 0 Å². The molecule has 1 rings (SSSR count). The number of para-hydroxylation sites is 1. The summed E-state index contributed by atoms with van der Waals surface area (Å²) >= 11 is 0. The Balaban J connectivity index is -0.000000202. The van der Waals surface area contributed by atoms with E-state index in [2.05, 4.69) is 11.3 Å². The third kappa shape index (κ3) is 31.5. The van der Waals surface area contributed by atoms with Gasteiger partial charge in [0, 0.05) is 13.7 Å². The normalized spacial score (nSPS) is 7.47. The van der Waals surface area contributed by atoms with E-state index in [-0.39, 0.29) is 13.2 Å². The fourth-order valence-corrected chi connectivity index (χ4v) is 0.648. The van der Waals surface area contributed by atoms with Crippen LogP contribution in [0.1, 0.15) is 13.8 Å². The molecule has 2 N–H and O–H groups in total. The summed E-state index contributed by atoms with van der Waals surface area (Å²) in [5.74, 6) is 0.910. The van der Waals surface area contributed by atoms with Crippen molar-refractivity contribution in [1.82, 2.24) is 0 Å². The van der Waals surface area contributed by atoms with E-state index in [4.69, 9.17) is 14.9 Å². The highest BCUT2D eigenvalue weighted by atomic mass is 16.5. The molecule has 4 heteroatoms. The standard InChI is InChI=1S/C7H8O.C3H8O2.C3H6.C2H6O/c1-8-7-5-3-2-4-6-7;1-5-3-2-4;1-3-2;1-2-3/h2-6H,1H3;4H,2-3H2,1H3;3H,1H2,2H3;3H,2H2,1H3. The summed E-state index contributed by atoms with van der Waals surface area (Å²) in [6.45, 7) is 7.75. The molecule has 0 bridgehead atoms. The van der Waals surface area contributed by atoms with Gasteiger partial charge in [-0.25, -0.2) is 0 Å². The van der Waals surface area contributed by atoms with Crippen LogP contribution in [0.25, 0.3) is 0 Å². The van der Waals surface area contributed by atoms with Crippen molar-refractivity contribution in [1.29, 1.82) is 0 Å². The van der Waals surface area contributed by atoms with Gasteiger partial charge in [0.1, 0.15) is 5.75 Å². The van der Waals surface area contributed by atoms with E-state index in [1.807, 2.05) is 37.3 Å². The maximum Gasteiger partial charge on any atom is 0.118 e. The molecule has 0 spiro atoms. The Morgan fingerprint density at radius 2 is 1.58 bits per heavy atom. The Labute approximate surface area is 117 Å². The van der Waals surface area contributed by atoms with Crippen molar-refractivity contribution in [2.45, 2.75) is 13.8 Å². The average Bonchev–Trinajstić information content (AvgIpc) is 2.43. The fraction of sp³-hybridized carbons (Fsp3) is 0.467. The maximum atomic E-state index is 7.94. The summed E-state index contributed by atoms with van der Waals surface area (Å²) < 4.78 is 9.36. The molecule has 0 saturated heterocycles. The van der Waals surface area contributed by atoms with Crippen molar-refractivity contribution in [3.05, 3.63) is 43.0 Å². The maximum absolute atomic E-state index is 7.94. The van der Waals surface area contributed by atoms with Crippen molar-refractivity contribution in [2.75, 3.05) is 34.0 Å². The number of ether oxygens (including phenoxy) is 2. The second-order valence-corrected chi connectivity index (χ2v) is 2.96. The zero-order valence-electron chi connectivity index (χ0n) is 12.5. The minimum atomic E-state index is 0.122. The number of benzene rings is 1. The first-order valence-corrected chi connectivity index (χ1v) is 6.05. The van der Waals surface area contributed by atoms with E-state index < -0.39 is 0 Å². The van der Waals surface area contributed by atoms with E-state index >= 15 is 0 Å². The van der Waals surface area contributed by atoms with Gasteiger partial charge in [0.15, 0.2) is 0 Å². The molecular weight excluding hydrogens is 244 g/mol. The number of hydrogen-bond donors (Lipinski definition) is 2. The molecule has 4 nitrogen and oxygen atoms in total. The summed E-state index contributed by atoms with van der Waals surface area (Å²) in [7, 11) is 3.21. The van der Waals surface area contributed by atoms with Gasteiger partial charge < -0.3 is 19.7 Å². The van der Waals surface area contributed by atoms with E-state index in [1.165, 1.54) is 0 Å². The number of allylic oxidation sites excluding steroid dienone is 1. The Hall–Kier alpha value is -1.36. The van der Waals surface area contributed by atoms with E-state index in [0.29, 0.717) is 6.61 Å². The molecule has 1 aromatic carbocycles. The zero-order chi connectivity index (χ0) is 15.4. The van der Waals surface area contributed by atoms with Crippen LogP contribution in [-0.4, -0.2) is 44.3 Å². The molecule has 0 amide bonds. The largest absolute Gasteiger partial charge is 0.497 e. The Bertz CT molecular complexity index is 235. The van der Waals surface area contributed by atoms with Crippen molar-refractivity contribution in [3.8, 4) is 5.75 Å². The molecule has 0 atom stereocenters. The highest BCUT2D eigenvalue weighted by Crippen LogP contribution is 2.05. The van der Waals surface area contributed by atoms with Gasteiger partial charge in [0.05, 0.1) is 20.3 Å². The summed E-state index contributed by atoms with van der Waals surface area (Å²) in [5, 5.41) is 15.5. The number of aliphatic hydroxyl groups excluding tert-OH is 2. The molecule has 0 aliphatic carbocycles. The lowest BCUT2D eigenvalue weighted by atomic mass is 10.3. The topological polar surface area (TPSA) is 58.9 Å². The molecule has 0 radical (unpaired) electrons. The summed E-state index contributed by atoms with van der Waals surface area (Å²) in [5.41, 5.74) is 0. The van der Waals surface area contributed by atoms with Crippen LogP contribution in [-0.2, 0) is 4.74 Å². The number of rotatable bonds is 3. The zero-order valence-corrected chi connectivity index (χ0v) is 12.5. The van der Waals surface area contributed by atoms with Crippen LogP contribution in [0.5, 0.6) is 5.75 Å². The lowest BCUT2D eigenvalue weighted by Crippen LogP contribution is -1.91. The number of aliphatic hydroxyl groups is 2. The lowest BCUT2D eigenvalue weighted by Gasteiger charge is -1.93. The minimum absolute atomic E-state index is 0.122. The second-order valence-electron chi connectivity index (χ2n) is 2.96. The SMILES string of the molecule is C=CC.CCO.COCCO.COc1ccccc1. The first-order valence-electron chi connectivity index (χ1n) is 6.05. The van der Waals surface area contributed by atoms with Gasteiger partial charge in [-0.15, -0.1) is 6.58 Å². The van der Waals surface area contributed by atoms with Crippen LogP contribution in [0.3, 0.4) is 0 Å². The molecule has 112 valence electrons. The highest BCUT2D eigenvalue weighted by molar-refractivity contribution is 5.20. The van der Waals surface area contributed by atoms with Gasteiger partial charge in [-0.05, 0) is 26.0 Å². The first kappa shape index (κ1) is 22.8. The lowest BCUT2D eigenvalue weighted by molar-refractivity contribution is 0.135. The molecule has 0 aliphatic rings. The van der Waals surface area contributed by atoms with Crippen molar-refractivity contribution < 1.29 is 19.7 Å². The van der Waals surface area contributed by atoms with Crippen LogP contribution < -0.4 is 4.74 Å². The second kappa shape index (κ2) is 25.5. The van der Waals surface area contributed by atoms with Crippen molar-refractivity contribution >= 4 is 0 Å².